The molecule has 26 heavy (non-hydrogen) atoms. The Hall–Kier alpha value is -3.19. The summed E-state index contributed by atoms with van der Waals surface area (Å²) in [7, 11) is -2.81. The molecule has 1 heterocycles. The van der Waals surface area contributed by atoms with E-state index in [-0.39, 0.29) is 5.91 Å². The van der Waals surface area contributed by atoms with Crippen LogP contribution in [0, 0.1) is 4.78 Å². The molecule has 1 unspecified atom stereocenters. The van der Waals surface area contributed by atoms with Gasteiger partial charge in [-0.2, -0.15) is 0 Å². The second-order valence-electron chi connectivity index (χ2n) is 5.84. The molecule has 0 fully saturated rings. The number of anilines is 2. The molecule has 3 aromatic rings. The number of nitrogen functional groups attached to an aromatic ring is 1. The quantitative estimate of drug-likeness (QED) is 0.613. The lowest BCUT2D eigenvalue weighted by atomic mass is 10.1. The van der Waals surface area contributed by atoms with E-state index >= 15 is 0 Å². The largest absolute Gasteiger partial charge is 0.397 e. The third-order valence-corrected chi connectivity index (χ3v) is 5.00. The summed E-state index contributed by atoms with van der Waals surface area (Å²) < 4.78 is 19.3. The van der Waals surface area contributed by atoms with Crippen LogP contribution in [0.3, 0.4) is 0 Å². The first kappa shape index (κ1) is 17.6. The summed E-state index contributed by atoms with van der Waals surface area (Å²) in [6.45, 7) is 0. The Labute approximate surface area is 152 Å². The number of amides is 1. The van der Waals surface area contributed by atoms with Crippen molar-refractivity contribution in [2.24, 2.45) is 0 Å². The normalized spacial score (nSPS) is 13.0. The van der Waals surface area contributed by atoms with Crippen molar-refractivity contribution in [3.05, 3.63) is 72.4 Å². The summed E-state index contributed by atoms with van der Waals surface area (Å²) in [5, 5.41) is 2.78. The molecule has 132 valence electrons. The molecular formula is C19H18N4O2S. The van der Waals surface area contributed by atoms with E-state index in [1.54, 1.807) is 30.5 Å². The van der Waals surface area contributed by atoms with Crippen LogP contribution in [0.5, 0.6) is 0 Å². The Morgan fingerprint density at radius 3 is 2.46 bits per heavy atom. The first-order valence-corrected chi connectivity index (χ1v) is 9.77. The number of hydrogen-bond donors (Lipinski definition) is 3. The molecule has 4 N–H and O–H groups in total. The molecule has 0 saturated heterocycles. The van der Waals surface area contributed by atoms with E-state index < -0.39 is 9.73 Å². The molecule has 0 aliphatic carbocycles. The first-order chi connectivity index (χ1) is 12.3. The van der Waals surface area contributed by atoms with Crippen molar-refractivity contribution < 1.29 is 9.00 Å². The zero-order valence-electron chi connectivity index (χ0n) is 14.1. The minimum atomic E-state index is -2.81. The van der Waals surface area contributed by atoms with Gasteiger partial charge in [0, 0.05) is 28.5 Å². The Kier molecular flexibility index (Phi) is 4.73. The molecule has 1 atom stereocenters. The number of carbonyl (C=O) groups excluding carboxylic acids is 1. The lowest BCUT2D eigenvalue weighted by molar-refractivity contribution is 0.102. The highest BCUT2D eigenvalue weighted by molar-refractivity contribution is 7.91. The minimum Gasteiger partial charge on any atom is -0.397 e. The van der Waals surface area contributed by atoms with Crippen molar-refractivity contribution in [1.29, 1.82) is 4.78 Å². The van der Waals surface area contributed by atoms with E-state index in [9.17, 15) is 9.00 Å². The van der Waals surface area contributed by atoms with E-state index in [2.05, 4.69) is 10.3 Å². The smallest absolute Gasteiger partial charge is 0.255 e. The fourth-order valence-electron chi connectivity index (χ4n) is 2.42. The molecule has 7 heteroatoms. The third kappa shape index (κ3) is 3.89. The van der Waals surface area contributed by atoms with Crippen LogP contribution in [0.15, 0.2) is 71.8 Å². The summed E-state index contributed by atoms with van der Waals surface area (Å²) >= 11 is 0. The van der Waals surface area contributed by atoms with Crippen molar-refractivity contribution in [3.8, 4) is 11.3 Å². The highest BCUT2D eigenvalue weighted by atomic mass is 32.2. The molecule has 0 aliphatic rings. The van der Waals surface area contributed by atoms with Crippen molar-refractivity contribution >= 4 is 27.0 Å². The van der Waals surface area contributed by atoms with Crippen LogP contribution in [-0.4, -0.2) is 21.4 Å². The molecule has 0 radical (unpaired) electrons. The van der Waals surface area contributed by atoms with Gasteiger partial charge in [0.15, 0.2) is 0 Å². The van der Waals surface area contributed by atoms with Crippen LogP contribution >= 0.6 is 0 Å². The number of benzene rings is 2. The highest BCUT2D eigenvalue weighted by Crippen LogP contribution is 2.26. The average molecular weight is 366 g/mol. The summed E-state index contributed by atoms with van der Waals surface area (Å²) in [4.78, 5) is 17.1. The summed E-state index contributed by atoms with van der Waals surface area (Å²) in [6.07, 6.45) is 3.04. The Morgan fingerprint density at radius 1 is 1.12 bits per heavy atom. The van der Waals surface area contributed by atoms with Crippen LogP contribution in [0.2, 0.25) is 0 Å². The van der Waals surface area contributed by atoms with Crippen LogP contribution in [-0.2, 0) is 9.73 Å². The number of carbonyl (C=O) groups is 1. The molecule has 0 aliphatic heterocycles. The number of aromatic nitrogens is 1. The number of pyridine rings is 1. The van der Waals surface area contributed by atoms with E-state index in [1.165, 1.54) is 18.4 Å². The summed E-state index contributed by atoms with van der Waals surface area (Å²) in [5.41, 5.74) is 8.91. The Morgan fingerprint density at radius 2 is 1.85 bits per heavy atom. The maximum Gasteiger partial charge on any atom is 0.255 e. The molecule has 1 amide bonds. The van der Waals surface area contributed by atoms with Crippen molar-refractivity contribution in [2.75, 3.05) is 17.3 Å². The molecule has 1 aromatic heterocycles. The standard InChI is InChI=1S/C19H18N4O2S/c1-26(21,25)15-8-5-13(6-9-15)19(24)23-18-12-14(7-10-16(18)20)17-4-2-3-11-22-17/h2-12,21H,20H2,1H3,(H,23,24). The van der Waals surface area contributed by atoms with Gasteiger partial charge in [0.1, 0.15) is 0 Å². The predicted molar refractivity (Wildman–Crippen MR) is 104 cm³/mol. The summed E-state index contributed by atoms with van der Waals surface area (Å²) in [5.74, 6) is -0.339. The van der Waals surface area contributed by atoms with Gasteiger partial charge in [-0.15, -0.1) is 0 Å². The molecule has 0 spiro atoms. The number of rotatable bonds is 4. The van der Waals surface area contributed by atoms with Gasteiger partial charge in [0.2, 0.25) is 0 Å². The van der Waals surface area contributed by atoms with Gasteiger partial charge in [-0.3, -0.25) is 9.78 Å². The fourth-order valence-corrected chi connectivity index (χ4v) is 3.07. The average Bonchev–Trinajstić information content (AvgIpc) is 2.63. The maximum absolute atomic E-state index is 12.5. The number of nitrogens with two attached hydrogens (primary N) is 1. The van der Waals surface area contributed by atoms with Gasteiger partial charge in [0.05, 0.1) is 26.8 Å². The third-order valence-electron chi connectivity index (χ3n) is 3.83. The zero-order valence-corrected chi connectivity index (χ0v) is 14.9. The fraction of sp³-hybridized carbons (Fsp3) is 0.0526. The van der Waals surface area contributed by atoms with E-state index in [0.717, 1.165) is 11.3 Å². The van der Waals surface area contributed by atoms with E-state index in [0.29, 0.717) is 21.8 Å². The maximum atomic E-state index is 12.5. The van der Waals surface area contributed by atoms with Gasteiger partial charge in [-0.1, -0.05) is 12.1 Å². The highest BCUT2D eigenvalue weighted by Gasteiger charge is 2.11. The van der Waals surface area contributed by atoms with Crippen LogP contribution in [0.4, 0.5) is 11.4 Å². The Bertz CT molecular complexity index is 1050. The topological polar surface area (TPSA) is 109 Å². The number of hydrogen-bond acceptors (Lipinski definition) is 5. The van der Waals surface area contributed by atoms with Gasteiger partial charge >= 0.3 is 0 Å². The summed E-state index contributed by atoms with van der Waals surface area (Å²) in [6, 6.07) is 17.1. The molecule has 6 nitrogen and oxygen atoms in total. The second kappa shape index (κ2) is 6.97. The Balaban J connectivity index is 1.85. The van der Waals surface area contributed by atoms with Crippen molar-refractivity contribution in [1.82, 2.24) is 4.98 Å². The lowest BCUT2D eigenvalue weighted by Crippen LogP contribution is -2.13. The van der Waals surface area contributed by atoms with E-state index in [1.807, 2.05) is 24.3 Å². The minimum absolute atomic E-state index is 0.339. The SMILES string of the molecule is CS(=N)(=O)c1ccc(C(=O)Nc2cc(-c3ccccn3)ccc2N)cc1. The molecular weight excluding hydrogens is 348 g/mol. The van der Waals surface area contributed by atoms with E-state index in [4.69, 9.17) is 10.5 Å². The second-order valence-corrected chi connectivity index (χ2v) is 8.00. The van der Waals surface area contributed by atoms with Gasteiger partial charge < -0.3 is 11.1 Å². The monoisotopic (exact) mass is 366 g/mol. The molecule has 0 saturated carbocycles. The molecule has 0 bridgehead atoms. The van der Waals surface area contributed by atoms with Crippen LogP contribution in [0.1, 0.15) is 10.4 Å². The predicted octanol–water partition coefficient (Wildman–Crippen LogP) is 3.62. The van der Waals surface area contributed by atoms with Crippen LogP contribution < -0.4 is 11.1 Å². The zero-order chi connectivity index (χ0) is 18.7. The molecule has 3 rings (SSSR count). The molecule has 2 aromatic carbocycles. The number of nitrogens with one attached hydrogen (secondary N) is 2. The van der Waals surface area contributed by atoms with Gasteiger partial charge in [-0.25, -0.2) is 8.99 Å². The van der Waals surface area contributed by atoms with Crippen LogP contribution in [0.25, 0.3) is 11.3 Å². The number of nitrogens with zero attached hydrogens (tertiary/aromatic N) is 1. The lowest BCUT2D eigenvalue weighted by Gasteiger charge is -2.11. The van der Waals surface area contributed by atoms with Crippen molar-refractivity contribution in [3.63, 3.8) is 0 Å². The van der Waals surface area contributed by atoms with Crippen molar-refractivity contribution in [2.45, 2.75) is 4.90 Å². The van der Waals surface area contributed by atoms with Gasteiger partial charge in [0.25, 0.3) is 5.91 Å². The first-order valence-electron chi connectivity index (χ1n) is 7.81. The van der Waals surface area contributed by atoms with Gasteiger partial charge in [-0.05, 0) is 48.5 Å².